The number of aromatic nitrogens is 2. The highest BCUT2D eigenvalue weighted by Gasteiger charge is 2.23. The number of rotatable bonds is 7. The van der Waals surface area contributed by atoms with Crippen LogP contribution in [-0.2, 0) is 6.42 Å². The van der Waals surface area contributed by atoms with Gasteiger partial charge in [-0.2, -0.15) is 4.98 Å². The zero-order valence-electron chi connectivity index (χ0n) is 16.0. The number of nitrogens with zero attached hydrogens (tertiary/aromatic N) is 4. The van der Waals surface area contributed by atoms with Gasteiger partial charge in [-0.15, -0.1) is 0 Å². The third-order valence-corrected chi connectivity index (χ3v) is 4.98. The summed E-state index contributed by atoms with van der Waals surface area (Å²) in [5, 5.41) is 14.2. The molecule has 2 heterocycles. The molecule has 1 N–H and O–H groups in total. The molecule has 1 aromatic heterocycles. The summed E-state index contributed by atoms with van der Waals surface area (Å²) in [7, 11) is 0. The van der Waals surface area contributed by atoms with Gasteiger partial charge in [-0.25, -0.2) is 4.98 Å². The topological polar surface area (TPSA) is 84.2 Å². The lowest BCUT2D eigenvalue weighted by molar-refractivity contribution is -0.384. The Hall–Kier alpha value is -2.70. The molecule has 7 heteroatoms. The normalized spacial score (nSPS) is 17.0. The molecule has 0 aliphatic carbocycles. The molecule has 2 aromatic rings. The van der Waals surface area contributed by atoms with Crippen LogP contribution in [0.15, 0.2) is 30.3 Å². The molecule has 144 valence electrons. The van der Waals surface area contributed by atoms with Gasteiger partial charge < -0.3 is 10.2 Å². The van der Waals surface area contributed by atoms with E-state index in [1.54, 1.807) is 12.1 Å². The van der Waals surface area contributed by atoms with Crippen LogP contribution in [-0.4, -0.2) is 27.5 Å². The van der Waals surface area contributed by atoms with E-state index in [2.05, 4.69) is 35.1 Å². The summed E-state index contributed by atoms with van der Waals surface area (Å²) < 4.78 is 0. The van der Waals surface area contributed by atoms with Crippen LogP contribution in [0.3, 0.4) is 0 Å². The maximum atomic E-state index is 11.0. The van der Waals surface area contributed by atoms with E-state index in [-0.39, 0.29) is 5.69 Å². The Labute approximate surface area is 160 Å². The fraction of sp³-hybridized carbons (Fsp3) is 0.500. The zero-order chi connectivity index (χ0) is 19.2. The number of aryl methyl sites for hydroxylation is 1. The maximum absolute atomic E-state index is 11.0. The van der Waals surface area contributed by atoms with Crippen molar-refractivity contribution in [2.75, 3.05) is 16.8 Å². The molecule has 0 amide bonds. The summed E-state index contributed by atoms with van der Waals surface area (Å²) in [5.74, 6) is 1.45. The number of nitro benzene ring substituents is 1. The SMILES string of the molecule is CCCc1cc(N2CCCCC2CC)nc(Nc2cccc([N+](=O)[O-])c2)n1. The minimum atomic E-state index is -0.398. The largest absolute Gasteiger partial charge is 0.353 e. The molecule has 7 nitrogen and oxygen atoms in total. The first-order valence-corrected chi connectivity index (χ1v) is 9.76. The minimum absolute atomic E-state index is 0.0482. The van der Waals surface area contributed by atoms with Crippen molar-refractivity contribution in [1.82, 2.24) is 9.97 Å². The Bertz CT molecular complexity index is 796. The third kappa shape index (κ3) is 4.72. The predicted molar refractivity (Wildman–Crippen MR) is 108 cm³/mol. The van der Waals surface area contributed by atoms with Gasteiger partial charge in [0.1, 0.15) is 5.82 Å². The van der Waals surface area contributed by atoms with Gasteiger partial charge in [0.2, 0.25) is 5.95 Å². The van der Waals surface area contributed by atoms with Gasteiger partial charge in [0.25, 0.3) is 5.69 Å². The summed E-state index contributed by atoms with van der Waals surface area (Å²) in [5.41, 5.74) is 1.66. The van der Waals surface area contributed by atoms with E-state index in [1.807, 2.05) is 0 Å². The number of piperidine rings is 1. The van der Waals surface area contributed by atoms with Crippen LogP contribution in [0.2, 0.25) is 0 Å². The number of non-ortho nitro benzene ring substituents is 1. The van der Waals surface area contributed by atoms with Crippen molar-refractivity contribution in [3.63, 3.8) is 0 Å². The average Bonchev–Trinajstić information content (AvgIpc) is 2.68. The van der Waals surface area contributed by atoms with E-state index >= 15 is 0 Å². The van der Waals surface area contributed by atoms with Gasteiger partial charge in [0.15, 0.2) is 0 Å². The van der Waals surface area contributed by atoms with Crippen molar-refractivity contribution in [3.05, 3.63) is 46.1 Å². The molecule has 1 unspecified atom stereocenters. The van der Waals surface area contributed by atoms with Crippen molar-refractivity contribution >= 4 is 23.1 Å². The second kappa shape index (κ2) is 8.79. The smallest absolute Gasteiger partial charge is 0.271 e. The second-order valence-electron chi connectivity index (χ2n) is 6.97. The molecule has 1 atom stereocenters. The second-order valence-corrected chi connectivity index (χ2v) is 6.97. The van der Waals surface area contributed by atoms with Crippen LogP contribution < -0.4 is 10.2 Å². The number of hydrogen-bond acceptors (Lipinski definition) is 6. The number of benzene rings is 1. The van der Waals surface area contributed by atoms with E-state index in [0.717, 1.165) is 37.3 Å². The Kier molecular flexibility index (Phi) is 6.21. The van der Waals surface area contributed by atoms with Crippen LogP contribution in [0, 0.1) is 10.1 Å². The van der Waals surface area contributed by atoms with Crippen LogP contribution in [0.25, 0.3) is 0 Å². The number of nitrogens with one attached hydrogen (secondary N) is 1. The molecular formula is C20H27N5O2. The van der Waals surface area contributed by atoms with E-state index in [1.165, 1.54) is 31.4 Å². The quantitative estimate of drug-likeness (QED) is 0.555. The molecule has 0 spiro atoms. The van der Waals surface area contributed by atoms with Gasteiger partial charge in [-0.05, 0) is 38.2 Å². The van der Waals surface area contributed by atoms with E-state index in [0.29, 0.717) is 17.7 Å². The Balaban J connectivity index is 1.91. The molecule has 1 aromatic carbocycles. The van der Waals surface area contributed by atoms with Gasteiger partial charge in [-0.3, -0.25) is 10.1 Å². The lowest BCUT2D eigenvalue weighted by atomic mass is 10.00. The van der Waals surface area contributed by atoms with Crippen LogP contribution in [0.1, 0.15) is 51.6 Å². The first-order valence-electron chi connectivity index (χ1n) is 9.76. The van der Waals surface area contributed by atoms with Crippen molar-refractivity contribution in [3.8, 4) is 0 Å². The van der Waals surface area contributed by atoms with Gasteiger partial charge >= 0.3 is 0 Å². The standard InChI is InChI=1S/C20H27N5O2/c1-3-8-15-14-19(24-12-6-5-10-17(24)4-2)23-20(21-15)22-16-9-7-11-18(13-16)25(26)27/h7,9,11,13-14,17H,3-6,8,10,12H2,1-2H3,(H,21,22,23). The predicted octanol–water partition coefficient (Wildman–Crippen LogP) is 4.85. The lowest BCUT2D eigenvalue weighted by Crippen LogP contribution is -2.39. The van der Waals surface area contributed by atoms with Gasteiger partial charge in [0, 0.05) is 42.2 Å². The number of anilines is 3. The Morgan fingerprint density at radius 1 is 1.26 bits per heavy atom. The zero-order valence-corrected chi connectivity index (χ0v) is 16.0. The van der Waals surface area contributed by atoms with E-state index < -0.39 is 4.92 Å². The highest BCUT2D eigenvalue weighted by atomic mass is 16.6. The van der Waals surface area contributed by atoms with Crippen LogP contribution >= 0.6 is 0 Å². The van der Waals surface area contributed by atoms with E-state index in [9.17, 15) is 10.1 Å². The highest BCUT2D eigenvalue weighted by Crippen LogP contribution is 2.28. The molecule has 1 aliphatic heterocycles. The fourth-order valence-corrected chi connectivity index (χ4v) is 3.62. The maximum Gasteiger partial charge on any atom is 0.271 e. The van der Waals surface area contributed by atoms with Gasteiger partial charge in [0.05, 0.1) is 4.92 Å². The highest BCUT2D eigenvalue weighted by molar-refractivity contribution is 5.59. The molecule has 0 bridgehead atoms. The molecule has 3 rings (SSSR count). The first-order chi connectivity index (χ1) is 13.1. The first kappa shape index (κ1) is 19.1. The minimum Gasteiger partial charge on any atom is -0.353 e. The summed E-state index contributed by atoms with van der Waals surface area (Å²) in [6.45, 7) is 5.36. The Morgan fingerprint density at radius 2 is 2.11 bits per heavy atom. The number of hydrogen-bond donors (Lipinski definition) is 1. The Morgan fingerprint density at radius 3 is 2.85 bits per heavy atom. The average molecular weight is 369 g/mol. The molecular weight excluding hydrogens is 342 g/mol. The van der Waals surface area contributed by atoms with Crippen molar-refractivity contribution in [2.45, 2.75) is 58.4 Å². The van der Waals surface area contributed by atoms with Gasteiger partial charge in [-0.1, -0.05) is 26.3 Å². The monoisotopic (exact) mass is 369 g/mol. The fourth-order valence-electron chi connectivity index (χ4n) is 3.62. The van der Waals surface area contributed by atoms with Crippen molar-refractivity contribution in [2.24, 2.45) is 0 Å². The lowest BCUT2D eigenvalue weighted by Gasteiger charge is -2.36. The van der Waals surface area contributed by atoms with Crippen molar-refractivity contribution < 1.29 is 4.92 Å². The molecule has 0 saturated carbocycles. The van der Waals surface area contributed by atoms with E-state index in [4.69, 9.17) is 4.98 Å². The summed E-state index contributed by atoms with van der Waals surface area (Å²) in [6, 6.07) is 9.04. The molecule has 1 aliphatic rings. The molecule has 27 heavy (non-hydrogen) atoms. The summed E-state index contributed by atoms with van der Waals surface area (Å²) in [6.07, 6.45) is 6.61. The molecule has 0 radical (unpaired) electrons. The van der Waals surface area contributed by atoms with Crippen LogP contribution in [0.5, 0.6) is 0 Å². The van der Waals surface area contributed by atoms with Crippen molar-refractivity contribution in [1.29, 1.82) is 0 Å². The summed E-state index contributed by atoms with van der Waals surface area (Å²) >= 11 is 0. The molecule has 1 saturated heterocycles. The third-order valence-electron chi connectivity index (χ3n) is 4.98. The van der Waals surface area contributed by atoms with Crippen LogP contribution in [0.4, 0.5) is 23.1 Å². The number of nitro groups is 1. The molecule has 1 fully saturated rings. The summed E-state index contributed by atoms with van der Waals surface area (Å²) in [4.78, 5) is 22.4.